The molecule has 0 aliphatic carbocycles. The molecule has 0 aliphatic rings. The summed E-state index contributed by atoms with van der Waals surface area (Å²) in [6, 6.07) is 0. The fraction of sp³-hybridized carbons (Fsp3) is 0.667. The minimum absolute atomic E-state index is 0.125. The molecule has 0 saturated heterocycles. The third-order valence-corrected chi connectivity index (χ3v) is 2.22. The smallest absolute Gasteiger partial charge is 0.222 e. The van der Waals surface area contributed by atoms with Crippen molar-refractivity contribution in [2.24, 2.45) is 0 Å². The van der Waals surface area contributed by atoms with Crippen LogP contribution in [0.5, 0.6) is 5.88 Å². The molecule has 0 amide bonds. The van der Waals surface area contributed by atoms with Crippen LogP contribution in [0.15, 0.2) is 6.20 Å². The molecule has 0 aliphatic heterocycles. The summed E-state index contributed by atoms with van der Waals surface area (Å²) in [4.78, 5) is 8.14. The van der Waals surface area contributed by atoms with Gasteiger partial charge < -0.3 is 19.3 Å². The highest BCUT2D eigenvalue weighted by Gasteiger charge is 2.05. The Hall–Kier alpha value is -1.24. The highest BCUT2D eigenvalue weighted by atomic mass is 16.5. The zero-order chi connectivity index (χ0) is 13.2. The third-order valence-electron chi connectivity index (χ3n) is 2.22. The number of rotatable bonds is 9. The van der Waals surface area contributed by atoms with Gasteiger partial charge in [0.05, 0.1) is 32.0 Å². The molecular weight excluding hydrogens is 236 g/mol. The predicted octanol–water partition coefficient (Wildman–Crippen LogP) is 0.709. The molecule has 1 aromatic rings. The lowest BCUT2D eigenvalue weighted by Gasteiger charge is -2.09. The second kappa shape index (κ2) is 8.79. The molecule has 0 radical (unpaired) electrons. The molecule has 1 heterocycles. The summed E-state index contributed by atoms with van der Waals surface area (Å²) in [6.45, 7) is 3.95. The number of aliphatic hydroxyl groups is 1. The lowest BCUT2D eigenvalue weighted by molar-refractivity contribution is 0.0640. The van der Waals surface area contributed by atoms with E-state index in [0.29, 0.717) is 43.7 Å². The lowest BCUT2D eigenvalue weighted by atomic mass is 10.3. The molecule has 0 saturated carbocycles. The zero-order valence-corrected chi connectivity index (χ0v) is 10.9. The van der Waals surface area contributed by atoms with Crippen LogP contribution < -0.4 is 4.74 Å². The van der Waals surface area contributed by atoms with E-state index in [-0.39, 0.29) is 6.61 Å². The first-order valence-corrected chi connectivity index (χ1v) is 5.90. The van der Waals surface area contributed by atoms with Gasteiger partial charge in [-0.15, -0.1) is 0 Å². The van der Waals surface area contributed by atoms with Crippen molar-refractivity contribution in [2.45, 2.75) is 20.0 Å². The van der Waals surface area contributed by atoms with E-state index in [1.54, 1.807) is 20.2 Å². The van der Waals surface area contributed by atoms with Crippen LogP contribution >= 0.6 is 0 Å². The van der Waals surface area contributed by atoms with Crippen LogP contribution in [0.25, 0.3) is 0 Å². The summed E-state index contributed by atoms with van der Waals surface area (Å²) in [5.74, 6) is 1.07. The second-order valence-electron chi connectivity index (χ2n) is 3.71. The predicted molar refractivity (Wildman–Crippen MR) is 65.5 cm³/mol. The van der Waals surface area contributed by atoms with Gasteiger partial charge in [-0.2, -0.15) is 4.98 Å². The van der Waals surface area contributed by atoms with Crippen molar-refractivity contribution < 1.29 is 19.3 Å². The van der Waals surface area contributed by atoms with E-state index in [2.05, 4.69) is 9.97 Å². The molecule has 6 nitrogen and oxygen atoms in total. The van der Waals surface area contributed by atoms with E-state index in [1.165, 1.54) is 0 Å². The molecule has 0 atom stereocenters. The molecule has 6 heteroatoms. The van der Waals surface area contributed by atoms with E-state index in [4.69, 9.17) is 19.3 Å². The van der Waals surface area contributed by atoms with E-state index in [9.17, 15) is 0 Å². The van der Waals surface area contributed by atoms with Gasteiger partial charge in [-0.1, -0.05) is 0 Å². The Morgan fingerprint density at radius 2 is 2.06 bits per heavy atom. The number of hydrogen-bond donors (Lipinski definition) is 1. The topological polar surface area (TPSA) is 73.7 Å². The maximum absolute atomic E-state index is 9.11. The van der Waals surface area contributed by atoms with E-state index in [1.807, 2.05) is 0 Å². The largest absolute Gasteiger partial charge is 0.477 e. The molecule has 0 fully saturated rings. The van der Waals surface area contributed by atoms with Crippen molar-refractivity contribution in [3.05, 3.63) is 17.6 Å². The molecule has 1 rings (SSSR count). The summed E-state index contributed by atoms with van der Waals surface area (Å²) < 4.78 is 15.7. The Balaban J connectivity index is 2.24. The number of methoxy groups -OCH3 is 1. The monoisotopic (exact) mass is 256 g/mol. The maximum Gasteiger partial charge on any atom is 0.222 e. The number of ether oxygens (including phenoxy) is 3. The lowest BCUT2D eigenvalue weighted by Crippen LogP contribution is -2.09. The molecule has 0 spiro atoms. The van der Waals surface area contributed by atoms with Gasteiger partial charge in [0.2, 0.25) is 5.88 Å². The van der Waals surface area contributed by atoms with Crippen LogP contribution in [0.3, 0.4) is 0 Å². The van der Waals surface area contributed by atoms with Crippen LogP contribution in [0, 0.1) is 6.92 Å². The Labute approximate surface area is 107 Å². The van der Waals surface area contributed by atoms with Gasteiger partial charge in [-0.25, -0.2) is 4.98 Å². The van der Waals surface area contributed by atoms with E-state index < -0.39 is 0 Å². The first-order valence-electron chi connectivity index (χ1n) is 5.90. The molecule has 0 aromatic carbocycles. The molecule has 0 bridgehead atoms. The highest BCUT2D eigenvalue weighted by molar-refractivity contribution is 5.22. The molecule has 1 aromatic heterocycles. The Morgan fingerprint density at radius 3 is 2.78 bits per heavy atom. The molecule has 18 heavy (non-hydrogen) atoms. The minimum atomic E-state index is -0.125. The fourth-order valence-corrected chi connectivity index (χ4v) is 1.28. The Morgan fingerprint density at radius 1 is 1.22 bits per heavy atom. The van der Waals surface area contributed by atoms with Crippen LogP contribution in [0.4, 0.5) is 0 Å². The first-order chi connectivity index (χ1) is 8.77. The zero-order valence-electron chi connectivity index (χ0n) is 10.9. The number of aromatic nitrogens is 2. The van der Waals surface area contributed by atoms with Crippen LogP contribution in [-0.4, -0.2) is 48.6 Å². The van der Waals surface area contributed by atoms with Crippen molar-refractivity contribution in [1.29, 1.82) is 0 Å². The number of hydrogen-bond acceptors (Lipinski definition) is 6. The molecule has 1 N–H and O–H groups in total. The van der Waals surface area contributed by atoms with Crippen molar-refractivity contribution >= 4 is 0 Å². The average Bonchev–Trinajstić information content (AvgIpc) is 2.38. The van der Waals surface area contributed by atoms with Crippen LogP contribution in [0.2, 0.25) is 0 Å². The second-order valence-corrected chi connectivity index (χ2v) is 3.71. The standard InChI is InChI=1S/C12H20N2O4/c1-10-13-8-11(9-15)12(14-10)18-5-3-4-17-7-6-16-2/h8,15H,3-7,9H2,1-2H3. The number of aliphatic hydroxyl groups excluding tert-OH is 1. The summed E-state index contributed by atoms with van der Waals surface area (Å²) in [7, 11) is 1.64. The van der Waals surface area contributed by atoms with E-state index >= 15 is 0 Å². The average molecular weight is 256 g/mol. The number of nitrogens with zero attached hydrogens (tertiary/aromatic N) is 2. The van der Waals surface area contributed by atoms with Gasteiger partial charge in [-0.05, 0) is 6.92 Å². The summed E-state index contributed by atoms with van der Waals surface area (Å²) >= 11 is 0. The van der Waals surface area contributed by atoms with Gasteiger partial charge in [0.1, 0.15) is 5.82 Å². The summed E-state index contributed by atoms with van der Waals surface area (Å²) in [5, 5.41) is 9.11. The Bertz CT molecular complexity index is 347. The first kappa shape index (κ1) is 14.8. The number of aryl methyl sites for hydroxylation is 1. The van der Waals surface area contributed by atoms with Crippen molar-refractivity contribution in [3.8, 4) is 5.88 Å². The van der Waals surface area contributed by atoms with Gasteiger partial charge >= 0.3 is 0 Å². The normalized spacial score (nSPS) is 10.6. The maximum atomic E-state index is 9.11. The van der Waals surface area contributed by atoms with Gasteiger partial charge in [0, 0.05) is 26.3 Å². The van der Waals surface area contributed by atoms with Gasteiger partial charge in [0.15, 0.2) is 0 Å². The summed E-state index contributed by atoms with van der Waals surface area (Å²) in [5.41, 5.74) is 0.598. The summed E-state index contributed by atoms with van der Waals surface area (Å²) in [6.07, 6.45) is 2.34. The van der Waals surface area contributed by atoms with Gasteiger partial charge in [-0.3, -0.25) is 0 Å². The molecule has 0 unspecified atom stereocenters. The van der Waals surface area contributed by atoms with Crippen molar-refractivity contribution in [3.63, 3.8) is 0 Å². The minimum Gasteiger partial charge on any atom is -0.477 e. The van der Waals surface area contributed by atoms with Crippen molar-refractivity contribution in [2.75, 3.05) is 33.5 Å². The molecule has 102 valence electrons. The molecular formula is C12H20N2O4. The third kappa shape index (κ3) is 5.39. The van der Waals surface area contributed by atoms with Crippen LogP contribution in [0.1, 0.15) is 17.8 Å². The van der Waals surface area contributed by atoms with Crippen LogP contribution in [-0.2, 0) is 16.1 Å². The quantitative estimate of drug-likeness (QED) is 0.656. The fourth-order valence-electron chi connectivity index (χ4n) is 1.28. The SMILES string of the molecule is COCCOCCCOc1nc(C)ncc1CO. The van der Waals surface area contributed by atoms with Gasteiger partial charge in [0.25, 0.3) is 0 Å². The highest BCUT2D eigenvalue weighted by Crippen LogP contribution is 2.14. The van der Waals surface area contributed by atoms with Crippen molar-refractivity contribution in [1.82, 2.24) is 9.97 Å². The Kier molecular flexibility index (Phi) is 7.24. The van der Waals surface area contributed by atoms with E-state index in [0.717, 1.165) is 6.42 Å².